The SMILES string of the molecule is CCCOc1ccc(Br)cc1/C=C1/C(=O)NC(=S)N(c2ccccc2)C1=O. The Morgan fingerprint density at radius 2 is 1.93 bits per heavy atom. The van der Waals surface area contributed by atoms with E-state index < -0.39 is 11.8 Å². The topological polar surface area (TPSA) is 58.6 Å². The highest BCUT2D eigenvalue weighted by Crippen LogP contribution is 2.28. The lowest BCUT2D eigenvalue weighted by molar-refractivity contribution is -0.122. The summed E-state index contributed by atoms with van der Waals surface area (Å²) < 4.78 is 6.56. The minimum Gasteiger partial charge on any atom is -0.493 e. The Morgan fingerprint density at radius 3 is 2.63 bits per heavy atom. The number of benzene rings is 2. The Hall–Kier alpha value is -2.51. The predicted molar refractivity (Wildman–Crippen MR) is 113 cm³/mol. The number of amides is 2. The van der Waals surface area contributed by atoms with Crippen LogP contribution in [0.3, 0.4) is 0 Å². The summed E-state index contributed by atoms with van der Waals surface area (Å²) in [5.74, 6) is -0.400. The summed E-state index contributed by atoms with van der Waals surface area (Å²) in [6, 6.07) is 14.4. The van der Waals surface area contributed by atoms with Crippen molar-refractivity contribution in [1.82, 2.24) is 5.32 Å². The van der Waals surface area contributed by atoms with Crippen LogP contribution in [0.25, 0.3) is 6.08 Å². The van der Waals surface area contributed by atoms with Gasteiger partial charge in [0.05, 0.1) is 12.3 Å². The quantitative estimate of drug-likeness (QED) is 0.428. The molecule has 1 fully saturated rings. The summed E-state index contributed by atoms with van der Waals surface area (Å²) in [7, 11) is 0. The minimum absolute atomic E-state index is 0.00750. The standard InChI is InChI=1S/C20H17BrN2O3S/c1-2-10-26-17-9-8-14(21)11-13(17)12-16-18(24)22-20(27)23(19(16)25)15-6-4-3-5-7-15/h3-9,11-12H,2,10H2,1H3,(H,22,24,27)/b16-12-. The van der Waals surface area contributed by atoms with Crippen LogP contribution in [0.1, 0.15) is 18.9 Å². The van der Waals surface area contributed by atoms with Crippen molar-refractivity contribution < 1.29 is 14.3 Å². The zero-order chi connectivity index (χ0) is 19.4. The summed E-state index contributed by atoms with van der Waals surface area (Å²) in [4.78, 5) is 26.8. The average Bonchev–Trinajstić information content (AvgIpc) is 2.65. The van der Waals surface area contributed by atoms with Crippen molar-refractivity contribution in [3.8, 4) is 5.75 Å². The van der Waals surface area contributed by atoms with Crippen molar-refractivity contribution in [3.63, 3.8) is 0 Å². The molecule has 5 nitrogen and oxygen atoms in total. The molecule has 3 rings (SSSR count). The third kappa shape index (κ3) is 4.26. The van der Waals surface area contributed by atoms with Crippen molar-refractivity contribution in [1.29, 1.82) is 0 Å². The lowest BCUT2D eigenvalue weighted by atomic mass is 10.1. The number of carbonyl (C=O) groups is 2. The van der Waals surface area contributed by atoms with E-state index in [1.165, 1.54) is 11.0 Å². The lowest BCUT2D eigenvalue weighted by Gasteiger charge is -2.29. The highest BCUT2D eigenvalue weighted by molar-refractivity contribution is 9.10. The second-order valence-electron chi connectivity index (χ2n) is 5.82. The molecule has 0 radical (unpaired) electrons. The lowest BCUT2D eigenvalue weighted by Crippen LogP contribution is -2.54. The first-order valence-electron chi connectivity index (χ1n) is 8.40. The third-order valence-corrected chi connectivity index (χ3v) is 4.63. The molecule has 2 amide bonds. The maximum absolute atomic E-state index is 13.0. The van der Waals surface area contributed by atoms with E-state index in [0.717, 1.165) is 10.9 Å². The van der Waals surface area contributed by atoms with E-state index in [0.29, 0.717) is 23.6 Å². The van der Waals surface area contributed by atoms with Gasteiger partial charge in [-0.15, -0.1) is 0 Å². The van der Waals surface area contributed by atoms with Gasteiger partial charge in [-0.1, -0.05) is 41.1 Å². The van der Waals surface area contributed by atoms with Gasteiger partial charge in [-0.2, -0.15) is 0 Å². The smallest absolute Gasteiger partial charge is 0.270 e. The normalized spacial score (nSPS) is 15.9. The first kappa shape index (κ1) is 19.3. The molecule has 7 heteroatoms. The number of ether oxygens (including phenoxy) is 1. The summed E-state index contributed by atoms with van der Waals surface area (Å²) in [6.07, 6.45) is 2.38. The fourth-order valence-electron chi connectivity index (χ4n) is 2.60. The van der Waals surface area contributed by atoms with Crippen LogP contribution in [-0.4, -0.2) is 23.5 Å². The highest BCUT2D eigenvalue weighted by atomic mass is 79.9. The van der Waals surface area contributed by atoms with Crippen molar-refractivity contribution in [2.75, 3.05) is 11.5 Å². The molecule has 1 heterocycles. The zero-order valence-electron chi connectivity index (χ0n) is 14.6. The highest BCUT2D eigenvalue weighted by Gasteiger charge is 2.34. The Bertz CT molecular complexity index is 928. The number of hydrogen-bond acceptors (Lipinski definition) is 4. The fourth-order valence-corrected chi connectivity index (χ4v) is 3.26. The molecule has 0 bridgehead atoms. The number of thiocarbonyl (C=S) groups is 1. The summed E-state index contributed by atoms with van der Waals surface area (Å²) in [6.45, 7) is 2.55. The second kappa shape index (κ2) is 8.45. The predicted octanol–water partition coefficient (Wildman–Crippen LogP) is 4.07. The van der Waals surface area contributed by atoms with Crippen LogP contribution < -0.4 is 15.0 Å². The molecular formula is C20H17BrN2O3S. The number of halogens is 1. The van der Waals surface area contributed by atoms with Gasteiger partial charge in [0.25, 0.3) is 11.8 Å². The van der Waals surface area contributed by atoms with Gasteiger partial charge in [-0.3, -0.25) is 19.8 Å². The fraction of sp³-hybridized carbons (Fsp3) is 0.150. The van der Waals surface area contributed by atoms with Gasteiger partial charge in [0.1, 0.15) is 11.3 Å². The molecule has 1 aliphatic heterocycles. The van der Waals surface area contributed by atoms with Crippen molar-refractivity contribution >= 4 is 56.8 Å². The van der Waals surface area contributed by atoms with Crippen LogP contribution in [-0.2, 0) is 9.59 Å². The van der Waals surface area contributed by atoms with Crippen molar-refractivity contribution in [3.05, 3.63) is 64.1 Å². The zero-order valence-corrected chi connectivity index (χ0v) is 17.0. The van der Waals surface area contributed by atoms with E-state index in [-0.39, 0.29) is 10.7 Å². The van der Waals surface area contributed by atoms with E-state index in [4.69, 9.17) is 17.0 Å². The largest absolute Gasteiger partial charge is 0.493 e. The molecule has 0 atom stereocenters. The van der Waals surface area contributed by atoms with Crippen LogP contribution in [0.15, 0.2) is 58.6 Å². The van der Waals surface area contributed by atoms with Gasteiger partial charge < -0.3 is 4.74 Å². The molecule has 2 aromatic carbocycles. The van der Waals surface area contributed by atoms with Crippen molar-refractivity contribution in [2.24, 2.45) is 0 Å². The number of hydrogen-bond donors (Lipinski definition) is 1. The number of nitrogens with zero attached hydrogens (tertiary/aromatic N) is 1. The van der Waals surface area contributed by atoms with Gasteiger partial charge in [0.2, 0.25) is 0 Å². The van der Waals surface area contributed by atoms with Crippen LogP contribution in [0.2, 0.25) is 0 Å². The van der Waals surface area contributed by atoms with Crippen LogP contribution in [0.5, 0.6) is 5.75 Å². The molecule has 1 saturated heterocycles. The minimum atomic E-state index is -0.529. The van der Waals surface area contributed by atoms with Crippen LogP contribution >= 0.6 is 28.1 Å². The maximum atomic E-state index is 13.0. The number of carbonyl (C=O) groups excluding carboxylic acids is 2. The van der Waals surface area contributed by atoms with Crippen molar-refractivity contribution in [2.45, 2.75) is 13.3 Å². The summed E-state index contributed by atoms with van der Waals surface area (Å²) >= 11 is 8.61. The van der Waals surface area contributed by atoms with Gasteiger partial charge in [0.15, 0.2) is 5.11 Å². The van der Waals surface area contributed by atoms with E-state index >= 15 is 0 Å². The third-order valence-electron chi connectivity index (χ3n) is 3.85. The second-order valence-corrected chi connectivity index (χ2v) is 7.13. The van der Waals surface area contributed by atoms with E-state index in [1.54, 1.807) is 36.4 Å². The first-order valence-corrected chi connectivity index (χ1v) is 9.60. The maximum Gasteiger partial charge on any atom is 0.270 e. The van der Waals surface area contributed by atoms with Crippen LogP contribution in [0, 0.1) is 0 Å². The molecule has 27 heavy (non-hydrogen) atoms. The van der Waals surface area contributed by atoms with Gasteiger partial charge in [0, 0.05) is 10.0 Å². The van der Waals surface area contributed by atoms with E-state index in [1.807, 2.05) is 19.1 Å². The van der Waals surface area contributed by atoms with E-state index in [2.05, 4.69) is 21.2 Å². The molecular weight excluding hydrogens is 428 g/mol. The average molecular weight is 445 g/mol. The Morgan fingerprint density at radius 1 is 1.19 bits per heavy atom. The number of nitrogens with one attached hydrogen (secondary N) is 1. The van der Waals surface area contributed by atoms with E-state index in [9.17, 15) is 9.59 Å². The van der Waals surface area contributed by atoms with Gasteiger partial charge in [-0.05, 0) is 55.0 Å². The molecule has 138 valence electrons. The number of para-hydroxylation sites is 1. The monoisotopic (exact) mass is 444 g/mol. The van der Waals surface area contributed by atoms with Gasteiger partial charge >= 0.3 is 0 Å². The molecule has 1 aliphatic rings. The Labute approximate surface area is 171 Å². The summed E-state index contributed by atoms with van der Waals surface area (Å²) in [5.41, 5.74) is 1.22. The molecule has 0 spiro atoms. The molecule has 1 N–H and O–H groups in total. The van der Waals surface area contributed by atoms with Crippen LogP contribution in [0.4, 0.5) is 5.69 Å². The Balaban J connectivity index is 2.02. The Kier molecular flexibility index (Phi) is 6.03. The molecule has 2 aromatic rings. The number of rotatable bonds is 5. The number of anilines is 1. The molecule has 0 aliphatic carbocycles. The van der Waals surface area contributed by atoms with Gasteiger partial charge in [-0.25, -0.2) is 0 Å². The molecule has 0 aromatic heterocycles. The summed E-state index contributed by atoms with van der Waals surface area (Å²) in [5, 5.41) is 2.64. The molecule has 0 saturated carbocycles. The molecule has 0 unspecified atom stereocenters. The first-order chi connectivity index (χ1) is 13.0.